The van der Waals surface area contributed by atoms with Gasteiger partial charge in [0.05, 0.1) is 12.6 Å². The van der Waals surface area contributed by atoms with E-state index >= 15 is 0 Å². The van der Waals surface area contributed by atoms with Crippen LogP contribution in [0.4, 0.5) is 5.69 Å². The molecule has 2 rings (SSSR count). The summed E-state index contributed by atoms with van der Waals surface area (Å²) in [6.45, 7) is 3.52. The van der Waals surface area contributed by atoms with Crippen molar-refractivity contribution in [1.29, 1.82) is 0 Å². The quantitative estimate of drug-likeness (QED) is 0.752. The Morgan fingerprint density at radius 3 is 2.72 bits per heavy atom. The highest BCUT2D eigenvalue weighted by molar-refractivity contribution is 6.04. The summed E-state index contributed by atoms with van der Waals surface area (Å²) in [7, 11) is 0. The SMILES string of the molecule is CC(O)c1ccccc1N1CC(=O)NC(=O)C1C. The van der Waals surface area contributed by atoms with Gasteiger partial charge in [0.1, 0.15) is 6.04 Å². The van der Waals surface area contributed by atoms with Crippen molar-refractivity contribution in [3.8, 4) is 0 Å². The molecule has 0 aliphatic carbocycles. The first-order valence-electron chi connectivity index (χ1n) is 5.88. The lowest BCUT2D eigenvalue weighted by Crippen LogP contribution is -2.57. The number of hydrogen-bond donors (Lipinski definition) is 2. The molecule has 2 amide bonds. The maximum Gasteiger partial charge on any atom is 0.249 e. The molecule has 1 aromatic carbocycles. The molecule has 0 bridgehead atoms. The number of para-hydroxylation sites is 1. The molecule has 0 aromatic heterocycles. The van der Waals surface area contributed by atoms with Crippen LogP contribution < -0.4 is 10.2 Å². The Morgan fingerprint density at radius 2 is 2.06 bits per heavy atom. The summed E-state index contributed by atoms with van der Waals surface area (Å²) < 4.78 is 0. The number of piperazine rings is 1. The van der Waals surface area contributed by atoms with Crippen molar-refractivity contribution in [3.05, 3.63) is 29.8 Å². The fourth-order valence-corrected chi connectivity index (χ4v) is 2.11. The van der Waals surface area contributed by atoms with Crippen molar-refractivity contribution in [1.82, 2.24) is 5.32 Å². The zero-order valence-corrected chi connectivity index (χ0v) is 10.4. The molecule has 1 aliphatic rings. The molecule has 18 heavy (non-hydrogen) atoms. The number of nitrogens with one attached hydrogen (secondary N) is 1. The van der Waals surface area contributed by atoms with Crippen molar-refractivity contribution < 1.29 is 14.7 Å². The summed E-state index contributed by atoms with van der Waals surface area (Å²) in [5, 5.41) is 12.0. The van der Waals surface area contributed by atoms with Crippen molar-refractivity contribution in [2.75, 3.05) is 11.4 Å². The summed E-state index contributed by atoms with van der Waals surface area (Å²) >= 11 is 0. The summed E-state index contributed by atoms with van der Waals surface area (Å²) in [4.78, 5) is 24.8. The van der Waals surface area contributed by atoms with Gasteiger partial charge in [-0.2, -0.15) is 0 Å². The van der Waals surface area contributed by atoms with Crippen LogP contribution in [0.25, 0.3) is 0 Å². The Labute approximate surface area is 105 Å². The summed E-state index contributed by atoms with van der Waals surface area (Å²) in [5.41, 5.74) is 1.44. The van der Waals surface area contributed by atoms with Crippen molar-refractivity contribution in [3.63, 3.8) is 0 Å². The predicted molar refractivity (Wildman–Crippen MR) is 67.0 cm³/mol. The Bertz CT molecular complexity index is 485. The first-order valence-corrected chi connectivity index (χ1v) is 5.88. The second-order valence-electron chi connectivity index (χ2n) is 4.45. The van der Waals surface area contributed by atoms with Crippen LogP contribution in [0.3, 0.4) is 0 Å². The number of amides is 2. The fraction of sp³-hybridized carbons (Fsp3) is 0.385. The van der Waals surface area contributed by atoms with Gasteiger partial charge in [-0.25, -0.2) is 0 Å². The van der Waals surface area contributed by atoms with Crippen LogP contribution in [0.5, 0.6) is 0 Å². The first kappa shape index (κ1) is 12.6. The number of nitrogens with zero attached hydrogens (tertiary/aromatic N) is 1. The van der Waals surface area contributed by atoms with Gasteiger partial charge in [-0.1, -0.05) is 18.2 Å². The molecule has 1 aliphatic heterocycles. The normalized spacial score (nSPS) is 21.7. The molecule has 5 nitrogen and oxygen atoms in total. The standard InChI is InChI=1S/C13H16N2O3/c1-8-13(18)14-12(17)7-15(8)11-6-4-3-5-10(11)9(2)16/h3-6,8-9,16H,7H2,1-2H3,(H,14,17,18). The molecule has 2 atom stereocenters. The number of rotatable bonds is 2. The second kappa shape index (κ2) is 4.78. The Hall–Kier alpha value is -1.88. The molecular formula is C13H16N2O3. The maximum absolute atomic E-state index is 11.6. The van der Waals surface area contributed by atoms with Gasteiger partial charge in [-0.05, 0) is 19.9 Å². The molecule has 0 saturated carbocycles. The monoisotopic (exact) mass is 248 g/mol. The Morgan fingerprint density at radius 1 is 1.39 bits per heavy atom. The number of carbonyl (C=O) groups is 2. The lowest BCUT2D eigenvalue weighted by molar-refractivity contribution is -0.132. The zero-order valence-electron chi connectivity index (χ0n) is 10.4. The molecule has 5 heteroatoms. The van der Waals surface area contributed by atoms with E-state index in [1.165, 1.54) is 0 Å². The average molecular weight is 248 g/mol. The van der Waals surface area contributed by atoms with Crippen molar-refractivity contribution in [2.45, 2.75) is 26.0 Å². The van der Waals surface area contributed by atoms with E-state index in [2.05, 4.69) is 5.32 Å². The molecule has 2 unspecified atom stereocenters. The van der Waals surface area contributed by atoms with Crippen molar-refractivity contribution in [2.24, 2.45) is 0 Å². The number of imide groups is 1. The molecule has 2 N–H and O–H groups in total. The summed E-state index contributed by atoms with van der Waals surface area (Å²) in [6.07, 6.45) is -0.645. The first-order chi connectivity index (χ1) is 8.50. The van der Waals surface area contributed by atoms with E-state index in [4.69, 9.17) is 0 Å². The van der Waals surface area contributed by atoms with Gasteiger partial charge in [0.2, 0.25) is 11.8 Å². The molecule has 1 heterocycles. The van der Waals surface area contributed by atoms with Crippen molar-refractivity contribution >= 4 is 17.5 Å². The summed E-state index contributed by atoms with van der Waals surface area (Å²) in [5.74, 6) is -0.634. The van der Waals surface area contributed by atoms with Gasteiger partial charge < -0.3 is 10.0 Å². The number of hydrogen-bond acceptors (Lipinski definition) is 4. The minimum absolute atomic E-state index is 0.122. The van der Waals surface area contributed by atoms with Gasteiger partial charge >= 0.3 is 0 Å². The Balaban J connectivity index is 2.41. The lowest BCUT2D eigenvalue weighted by Gasteiger charge is -2.35. The fourth-order valence-electron chi connectivity index (χ4n) is 2.11. The number of benzene rings is 1. The molecule has 1 saturated heterocycles. The highest BCUT2D eigenvalue weighted by atomic mass is 16.3. The van der Waals surface area contributed by atoms with E-state index < -0.39 is 12.1 Å². The highest BCUT2D eigenvalue weighted by Gasteiger charge is 2.31. The van der Waals surface area contributed by atoms with E-state index in [0.29, 0.717) is 5.56 Å². The average Bonchev–Trinajstić information content (AvgIpc) is 2.33. The lowest BCUT2D eigenvalue weighted by atomic mass is 10.0. The number of carbonyl (C=O) groups excluding carboxylic acids is 2. The number of aliphatic hydroxyl groups is 1. The number of anilines is 1. The Kier molecular flexibility index (Phi) is 3.34. The van der Waals surface area contributed by atoms with Gasteiger partial charge in [0.15, 0.2) is 0 Å². The predicted octanol–water partition coefficient (Wildman–Crippen LogP) is 0.591. The minimum Gasteiger partial charge on any atom is -0.389 e. The smallest absolute Gasteiger partial charge is 0.249 e. The van der Waals surface area contributed by atoms with E-state index in [-0.39, 0.29) is 18.4 Å². The van der Waals surface area contributed by atoms with Gasteiger partial charge in [-0.15, -0.1) is 0 Å². The molecule has 1 fully saturated rings. The van der Waals surface area contributed by atoms with E-state index in [1.54, 1.807) is 24.8 Å². The highest BCUT2D eigenvalue weighted by Crippen LogP contribution is 2.28. The van der Waals surface area contributed by atoms with Crippen LogP contribution in [-0.2, 0) is 9.59 Å². The van der Waals surface area contributed by atoms with Crippen LogP contribution in [0.1, 0.15) is 25.5 Å². The van der Waals surface area contributed by atoms with Gasteiger partial charge in [0, 0.05) is 11.3 Å². The molecule has 1 aromatic rings. The van der Waals surface area contributed by atoms with Crippen LogP contribution >= 0.6 is 0 Å². The molecule has 96 valence electrons. The summed E-state index contributed by atoms with van der Waals surface area (Å²) in [6, 6.07) is 6.82. The van der Waals surface area contributed by atoms with Crippen LogP contribution in [0.2, 0.25) is 0 Å². The van der Waals surface area contributed by atoms with Gasteiger partial charge in [-0.3, -0.25) is 14.9 Å². The topological polar surface area (TPSA) is 69.6 Å². The minimum atomic E-state index is -0.645. The number of aliphatic hydroxyl groups excluding tert-OH is 1. The third-order valence-corrected chi connectivity index (χ3v) is 3.12. The third kappa shape index (κ3) is 2.22. The molecule has 0 spiro atoms. The maximum atomic E-state index is 11.6. The van der Waals surface area contributed by atoms with E-state index in [9.17, 15) is 14.7 Å². The zero-order chi connectivity index (χ0) is 13.3. The van der Waals surface area contributed by atoms with E-state index in [0.717, 1.165) is 5.69 Å². The van der Waals surface area contributed by atoms with Crippen LogP contribution in [-0.4, -0.2) is 29.5 Å². The third-order valence-electron chi connectivity index (χ3n) is 3.12. The largest absolute Gasteiger partial charge is 0.389 e. The molecule has 0 radical (unpaired) electrons. The second-order valence-corrected chi connectivity index (χ2v) is 4.45. The van der Waals surface area contributed by atoms with Crippen LogP contribution in [0.15, 0.2) is 24.3 Å². The van der Waals surface area contributed by atoms with E-state index in [1.807, 2.05) is 18.2 Å². The molecular weight excluding hydrogens is 232 g/mol. The van der Waals surface area contributed by atoms with Crippen LogP contribution in [0, 0.1) is 0 Å². The van der Waals surface area contributed by atoms with Gasteiger partial charge in [0.25, 0.3) is 0 Å².